The molecule has 2 rings (SSSR count). The molecule has 0 saturated heterocycles. The minimum absolute atomic E-state index is 0.0108. The van der Waals surface area contributed by atoms with Gasteiger partial charge in [-0.05, 0) is 30.3 Å². The third kappa shape index (κ3) is 2.11. The Kier molecular flexibility index (Phi) is 3.01. The molecule has 2 aromatic rings. The molecule has 0 aliphatic rings. The molecular weight excluding hydrogens is 200 g/mol. The number of hydrogen-bond donors (Lipinski definition) is 0. The lowest BCUT2D eigenvalue weighted by molar-refractivity contribution is 0.103. The third-order valence-electron chi connectivity index (χ3n) is 2.33. The number of hydrogen-bond acceptors (Lipinski definition) is 2. The van der Waals surface area contributed by atoms with E-state index in [0.29, 0.717) is 11.1 Å². The van der Waals surface area contributed by atoms with E-state index in [0.717, 1.165) is 5.75 Å². The summed E-state index contributed by atoms with van der Waals surface area (Å²) in [4.78, 5) is 12.0. The van der Waals surface area contributed by atoms with Crippen LogP contribution in [0.4, 0.5) is 0 Å². The first-order valence-corrected chi connectivity index (χ1v) is 4.96. The van der Waals surface area contributed by atoms with Gasteiger partial charge in [-0.15, -0.1) is 0 Å². The van der Waals surface area contributed by atoms with Crippen LogP contribution in [0.1, 0.15) is 15.9 Å². The maximum Gasteiger partial charge on any atom is 0.193 e. The predicted molar refractivity (Wildman–Crippen MR) is 61.7 cm³/mol. The van der Waals surface area contributed by atoms with Gasteiger partial charge in [0.05, 0.1) is 7.11 Å². The van der Waals surface area contributed by atoms with E-state index in [2.05, 4.69) is 6.07 Å². The molecule has 0 spiro atoms. The zero-order valence-electron chi connectivity index (χ0n) is 8.94. The van der Waals surface area contributed by atoms with Gasteiger partial charge in [-0.3, -0.25) is 4.79 Å². The highest BCUT2D eigenvalue weighted by Gasteiger charge is 2.07. The van der Waals surface area contributed by atoms with Crippen LogP contribution >= 0.6 is 0 Å². The molecule has 0 aliphatic heterocycles. The normalized spacial score (nSPS) is 9.81. The number of ketones is 1. The lowest BCUT2D eigenvalue weighted by atomic mass is 10.0. The molecule has 0 aliphatic carbocycles. The summed E-state index contributed by atoms with van der Waals surface area (Å²) in [5.74, 6) is 0.759. The van der Waals surface area contributed by atoms with Crippen molar-refractivity contribution in [1.29, 1.82) is 0 Å². The van der Waals surface area contributed by atoms with Crippen LogP contribution in [-0.4, -0.2) is 12.9 Å². The molecule has 0 heterocycles. The molecule has 2 aromatic carbocycles. The minimum atomic E-state index is 0.0108. The van der Waals surface area contributed by atoms with E-state index in [4.69, 9.17) is 4.74 Å². The van der Waals surface area contributed by atoms with Crippen molar-refractivity contribution in [1.82, 2.24) is 0 Å². The fourth-order valence-electron chi connectivity index (χ4n) is 1.45. The molecule has 2 heteroatoms. The highest BCUT2D eigenvalue weighted by molar-refractivity contribution is 6.08. The van der Waals surface area contributed by atoms with E-state index in [1.54, 1.807) is 55.6 Å². The number of benzene rings is 2. The van der Waals surface area contributed by atoms with E-state index >= 15 is 0 Å². The lowest BCUT2D eigenvalue weighted by Gasteiger charge is -2.02. The number of methoxy groups -OCH3 is 1. The molecule has 0 aromatic heterocycles. The van der Waals surface area contributed by atoms with Crippen molar-refractivity contribution in [3.63, 3.8) is 0 Å². The van der Waals surface area contributed by atoms with Crippen LogP contribution in [0, 0.1) is 6.07 Å². The van der Waals surface area contributed by atoms with Crippen LogP contribution in [0.5, 0.6) is 5.75 Å². The van der Waals surface area contributed by atoms with Crippen LogP contribution in [0.15, 0.2) is 48.5 Å². The Hall–Kier alpha value is -2.09. The second kappa shape index (κ2) is 4.62. The SMILES string of the molecule is COc1ccc(C(=O)c2cc[c]cc2)cc1. The van der Waals surface area contributed by atoms with Crippen molar-refractivity contribution in [3.05, 3.63) is 65.7 Å². The topological polar surface area (TPSA) is 26.3 Å². The molecule has 0 saturated carbocycles. The molecule has 16 heavy (non-hydrogen) atoms. The summed E-state index contributed by atoms with van der Waals surface area (Å²) < 4.78 is 5.04. The largest absolute Gasteiger partial charge is 0.497 e. The fraction of sp³-hybridized carbons (Fsp3) is 0.0714. The quantitative estimate of drug-likeness (QED) is 0.730. The molecule has 0 bridgehead atoms. The van der Waals surface area contributed by atoms with Crippen LogP contribution < -0.4 is 4.74 Å². The molecule has 0 amide bonds. The molecule has 0 N–H and O–H groups in total. The molecule has 0 atom stereocenters. The monoisotopic (exact) mass is 211 g/mol. The van der Waals surface area contributed by atoms with Crippen LogP contribution in [0.3, 0.4) is 0 Å². The molecular formula is C14H11O2. The molecule has 0 unspecified atom stereocenters. The van der Waals surface area contributed by atoms with Gasteiger partial charge in [0.25, 0.3) is 0 Å². The Balaban J connectivity index is 2.28. The summed E-state index contributed by atoms with van der Waals surface area (Å²) in [6, 6.07) is 16.9. The summed E-state index contributed by atoms with van der Waals surface area (Å²) in [7, 11) is 1.60. The van der Waals surface area contributed by atoms with Gasteiger partial charge in [0.1, 0.15) is 5.75 Å². The van der Waals surface area contributed by atoms with Crippen LogP contribution in [-0.2, 0) is 0 Å². The highest BCUT2D eigenvalue weighted by Crippen LogP contribution is 2.14. The van der Waals surface area contributed by atoms with Gasteiger partial charge in [0.15, 0.2) is 5.78 Å². The summed E-state index contributed by atoms with van der Waals surface area (Å²) >= 11 is 0. The number of ether oxygens (including phenoxy) is 1. The summed E-state index contributed by atoms with van der Waals surface area (Å²) in [5, 5.41) is 0. The smallest absolute Gasteiger partial charge is 0.193 e. The first-order chi connectivity index (χ1) is 7.81. The Bertz CT molecular complexity index is 472. The maximum atomic E-state index is 12.0. The average Bonchev–Trinajstić information content (AvgIpc) is 2.39. The fourth-order valence-corrected chi connectivity index (χ4v) is 1.45. The first kappa shape index (κ1) is 10.4. The lowest BCUT2D eigenvalue weighted by Crippen LogP contribution is -2.00. The second-order valence-corrected chi connectivity index (χ2v) is 3.35. The maximum absolute atomic E-state index is 12.0. The Morgan fingerprint density at radius 2 is 1.56 bits per heavy atom. The Labute approximate surface area is 94.5 Å². The Morgan fingerprint density at radius 3 is 2.12 bits per heavy atom. The molecule has 79 valence electrons. The third-order valence-corrected chi connectivity index (χ3v) is 2.33. The van der Waals surface area contributed by atoms with E-state index in [9.17, 15) is 4.79 Å². The van der Waals surface area contributed by atoms with Crippen molar-refractivity contribution < 1.29 is 9.53 Å². The number of carbonyl (C=O) groups excluding carboxylic acids is 1. The average molecular weight is 211 g/mol. The molecule has 2 nitrogen and oxygen atoms in total. The van der Waals surface area contributed by atoms with Crippen LogP contribution in [0.2, 0.25) is 0 Å². The zero-order valence-corrected chi connectivity index (χ0v) is 8.94. The van der Waals surface area contributed by atoms with Crippen LogP contribution in [0.25, 0.3) is 0 Å². The van der Waals surface area contributed by atoms with Crippen molar-refractivity contribution in [2.45, 2.75) is 0 Å². The van der Waals surface area contributed by atoms with Gasteiger partial charge in [-0.2, -0.15) is 0 Å². The van der Waals surface area contributed by atoms with E-state index < -0.39 is 0 Å². The van der Waals surface area contributed by atoms with Gasteiger partial charge in [-0.1, -0.05) is 24.3 Å². The van der Waals surface area contributed by atoms with E-state index in [1.807, 2.05) is 0 Å². The van der Waals surface area contributed by atoms with Gasteiger partial charge >= 0.3 is 0 Å². The van der Waals surface area contributed by atoms with Gasteiger partial charge in [0, 0.05) is 11.1 Å². The zero-order chi connectivity index (χ0) is 11.4. The standard InChI is InChI=1S/C14H11O2/c1-16-13-9-7-12(8-10-13)14(15)11-5-3-2-4-6-11/h3-10H,1H3. The predicted octanol–water partition coefficient (Wildman–Crippen LogP) is 2.73. The van der Waals surface area contributed by atoms with Gasteiger partial charge in [0.2, 0.25) is 0 Å². The van der Waals surface area contributed by atoms with Crippen molar-refractivity contribution >= 4 is 5.78 Å². The summed E-state index contributed by atoms with van der Waals surface area (Å²) in [6.45, 7) is 0. The van der Waals surface area contributed by atoms with Crippen molar-refractivity contribution in [2.75, 3.05) is 7.11 Å². The van der Waals surface area contributed by atoms with Gasteiger partial charge < -0.3 is 4.74 Å². The van der Waals surface area contributed by atoms with E-state index in [1.165, 1.54) is 0 Å². The minimum Gasteiger partial charge on any atom is -0.497 e. The summed E-state index contributed by atoms with van der Waals surface area (Å²) in [6.07, 6.45) is 0. The van der Waals surface area contributed by atoms with Crippen molar-refractivity contribution in [2.24, 2.45) is 0 Å². The molecule has 0 fully saturated rings. The number of carbonyl (C=O) groups is 1. The molecule has 1 radical (unpaired) electrons. The number of rotatable bonds is 3. The van der Waals surface area contributed by atoms with Gasteiger partial charge in [-0.25, -0.2) is 0 Å². The summed E-state index contributed by atoms with van der Waals surface area (Å²) in [5.41, 5.74) is 1.33. The second-order valence-electron chi connectivity index (χ2n) is 3.35. The van der Waals surface area contributed by atoms with Crippen molar-refractivity contribution in [3.8, 4) is 5.75 Å². The highest BCUT2D eigenvalue weighted by atomic mass is 16.5. The van der Waals surface area contributed by atoms with E-state index in [-0.39, 0.29) is 5.78 Å². The Morgan fingerprint density at radius 1 is 1.00 bits per heavy atom. The first-order valence-electron chi connectivity index (χ1n) is 4.96.